The van der Waals surface area contributed by atoms with Crippen molar-refractivity contribution in [3.8, 4) is 0 Å². The molecule has 2 rings (SSSR count). The van der Waals surface area contributed by atoms with Crippen LogP contribution in [0, 0.1) is 0 Å². The van der Waals surface area contributed by atoms with Crippen molar-refractivity contribution >= 4 is 33.3 Å². The molecule has 0 spiro atoms. The smallest absolute Gasteiger partial charge is 0.147 e. The molecule has 0 radical (unpaired) electrons. The van der Waals surface area contributed by atoms with E-state index in [-0.39, 0.29) is 0 Å². The fraction of sp³-hybridized carbons (Fsp3) is 0.267. The first-order chi connectivity index (χ1) is 9.60. The fourth-order valence-electron chi connectivity index (χ4n) is 2.04. The molecule has 1 N–H and O–H groups in total. The molecule has 1 aromatic carbocycles. The Balaban J connectivity index is 2.14. The van der Waals surface area contributed by atoms with E-state index in [0.717, 1.165) is 28.9 Å². The number of benzene rings is 1. The number of halogens is 2. The van der Waals surface area contributed by atoms with Gasteiger partial charge in [-0.3, -0.25) is 0 Å². The van der Waals surface area contributed by atoms with Crippen molar-refractivity contribution < 1.29 is 0 Å². The van der Waals surface area contributed by atoms with Gasteiger partial charge in [0.05, 0.1) is 5.02 Å². The van der Waals surface area contributed by atoms with Gasteiger partial charge in [-0.05, 0) is 36.4 Å². The molecule has 2 aromatic rings. The highest BCUT2D eigenvalue weighted by Crippen LogP contribution is 2.25. The number of hydrogen-bond donors (Lipinski definition) is 1. The maximum atomic E-state index is 6.32. The normalized spacial score (nSPS) is 10.6. The van der Waals surface area contributed by atoms with Crippen LogP contribution in [0.15, 0.2) is 41.0 Å². The Bertz CT molecular complexity index is 589. The van der Waals surface area contributed by atoms with E-state index in [4.69, 9.17) is 11.6 Å². The van der Waals surface area contributed by atoms with Crippen LogP contribution in [0.5, 0.6) is 0 Å². The van der Waals surface area contributed by atoms with Crippen LogP contribution in [-0.4, -0.2) is 19.1 Å². The van der Waals surface area contributed by atoms with E-state index in [1.165, 1.54) is 5.56 Å². The predicted molar refractivity (Wildman–Crippen MR) is 88.3 cm³/mol. The summed E-state index contributed by atoms with van der Waals surface area (Å²) in [4.78, 5) is 6.51. The average molecular weight is 355 g/mol. The van der Waals surface area contributed by atoms with E-state index in [9.17, 15) is 0 Å². The zero-order valence-corrected chi connectivity index (χ0v) is 13.9. The lowest BCUT2D eigenvalue weighted by atomic mass is 10.2. The topological polar surface area (TPSA) is 28.2 Å². The number of aromatic nitrogens is 1. The van der Waals surface area contributed by atoms with Crippen LogP contribution in [0.25, 0.3) is 0 Å². The molecule has 3 nitrogen and oxygen atoms in total. The minimum Gasteiger partial charge on any atom is -0.354 e. The standard InChI is InChI=1S/C15H17BrClN3/c1-18-8-12-7-14(17)15(19-9-12)20(2)10-11-4-3-5-13(16)6-11/h3-7,9,18H,8,10H2,1-2H3. The van der Waals surface area contributed by atoms with Crippen molar-refractivity contribution in [3.63, 3.8) is 0 Å². The molecule has 0 aliphatic rings. The Kier molecular flexibility index (Phi) is 5.40. The van der Waals surface area contributed by atoms with Gasteiger partial charge in [0, 0.05) is 30.8 Å². The molecule has 1 aromatic heterocycles. The first kappa shape index (κ1) is 15.3. The Morgan fingerprint density at radius 1 is 1.30 bits per heavy atom. The lowest BCUT2D eigenvalue weighted by molar-refractivity contribution is 0.810. The van der Waals surface area contributed by atoms with Crippen molar-refractivity contribution in [3.05, 3.63) is 57.2 Å². The highest BCUT2D eigenvalue weighted by atomic mass is 79.9. The van der Waals surface area contributed by atoms with Crippen molar-refractivity contribution in [1.82, 2.24) is 10.3 Å². The fourth-order valence-corrected chi connectivity index (χ4v) is 2.82. The molecule has 0 aliphatic carbocycles. The molecule has 5 heteroatoms. The molecule has 0 amide bonds. The van der Waals surface area contributed by atoms with Gasteiger partial charge in [0.25, 0.3) is 0 Å². The van der Waals surface area contributed by atoms with Crippen LogP contribution in [0.2, 0.25) is 5.02 Å². The van der Waals surface area contributed by atoms with E-state index in [0.29, 0.717) is 5.02 Å². The second-order valence-corrected chi connectivity index (χ2v) is 5.99. The van der Waals surface area contributed by atoms with Gasteiger partial charge in [0.2, 0.25) is 0 Å². The van der Waals surface area contributed by atoms with Crippen LogP contribution >= 0.6 is 27.5 Å². The summed E-state index contributed by atoms with van der Waals surface area (Å²) in [5, 5.41) is 3.76. The summed E-state index contributed by atoms with van der Waals surface area (Å²) in [5.74, 6) is 0.798. The molecule has 0 atom stereocenters. The Morgan fingerprint density at radius 3 is 2.75 bits per heavy atom. The van der Waals surface area contributed by atoms with E-state index < -0.39 is 0 Å². The lowest BCUT2D eigenvalue weighted by Crippen LogP contribution is -2.18. The van der Waals surface area contributed by atoms with E-state index >= 15 is 0 Å². The molecular formula is C15H17BrClN3. The van der Waals surface area contributed by atoms with Gasteiger partial charge in [-0.15, -0.1) is 0 Å². The largest absolute Gasteiger partial charge is 0.354 e. The molecule has 0 bridgehead atoms. The molecule has 1 heterocycles. The third-order valence-corrected chi connectivity index (χ3v) is 3.70. The third-order valence-electron chi connectivity index (χ3n) is 2.93. The number of nitrogens with one attached hydrogen (secondary N) is 1. The van der Waals surface area contributed by atoms with Crippen molar-refractivity contribution in [2.24, 2.45) is 0 Å². The summed E-state index contributed by atoms with van der Waals surface area (Å²) in [5.41, 5.74) is 2.29. The Labute approximate surface area is 133 Å². The van der Waals surface area contributed by atoms with Crippen LogP contribution in [0.4, 0.5) is 5.82 Å². The SMILES string of the molecule is CNCc1cnc(N(C)Cc2cccc(Br)c2)c(Cl)c1. The maximum absolute atomic E-state index is 6.32. The van der Waals surface area contributed by atoms with E-state index in [2.05, 4.69) is 38.4 Å². The number of nitrogens with zero attached hydrogens (tertiary/aromatic N) is 2. The molecule has 0 fully saturated rings. The Hall–Kier alpha value is -1.10. The van der Waals surface area contributed by atoms with Crippen LogP contribution < -0.4 is 10.2 Å². The van der Waals surface area contributed by atoms with Crippen LogP contribution in [0.3, 0.4) is 0 Å². The van der Waals surface area contributed by atoms with Crippen LogP contribution in [0.1, 0.15) is 11.1 Å². The minimum absolute atomic E-state index is 0.676. The van der Waals surface area contributed by atoms with Crippen molar-refractivity contribution in [2.75, 3.05) is 19.0 Å². The molecule has 106 valence electrons. The lowest BCUT2D eigenvalue weighted by Gasteiger charge is -2.20. The van der Waals surface area contributed by atoms with Crippen molar-refractivity contribution in [2.45, 2.75) is 13.1 Å². The minimum atomic E-state index is 0.676. The van der Waals surface area contributed by atoms with Gasteiger partial charge in [0.15, 0.2) is 0 Å². The first-order valence-corrected chi connectivity index (χ1v) is 7.52. The first-order valence-electron chi connectivity index (χ1n) is 6.34. The number of rotatable bonds is 5. The molecule has 0 saturated heterocycles. The quantitative estimate of drug-likeness (QED) is 0.884. The summed E-state index contributed by atoms with van der Waals surface area (Å²) < 4.78 is 1.08. The summed E-state index contributed by atoms with van der Waals surface area (Å²) in [7, 11) is 3.90. The monoisotopic (exact) mass is 353 g/mol. The van der Waals surface area contributed by atoms with Gasteiger partial charge in [0.1, 0.15) is 5.82 Å². The van der Waals surface area contributed by atoms with Gasteiger partial charge >= 0.3 is 0 Å². The van der Waals surface area contributed by atoms with Gasteiger partial charge in [-0.25, -0.2) is 4.98 Å². The zero-order valence-electron chi connectivity index (χ0n) is 11.5. The van der Waals surface area contributed by atoms with Crippen molar-refractivity contribution in [1.29, 1.82) is 0 Å². The molecular weight excluding hydrogens is 338 g/mol. The zero-order chi connectivity index (χ0) is 14.5. The molecule has 0 unspecified atom stereocenters. The third kappa shape index (κ3) is 3.95. The second kappa shape index (κ2) is 7.07. The van der Waals surface area contributed by atoms with Gasteiger partial charge < -0.3 is 10.2 Å². The Morgan fingerprint density at radius 2 is 2.10 bits per heavy atom. The molecule has 0 aliphatic heterocycles. The van der Waals surface area contributed by atoms with Crippen LogP contribution in [-0.2, 0) is 13.1 Å². The maximum Gasteiger partial charge on any atom is 0.147 e. The summed E-state index contributed by atoms with van der Waals surface area (Å²) in [6, 6.07) is 10.2. The molecule has 20 heavy (non-hydrogen) atoms. The highest BCUT2D eigenvalue weighted by Gasteiger charge is 2.09. The van der Waals surface area contributed by atoms with Gasteiger partial charge in [-0.2, -0.15) is 0 Å². The summed E-state index contributed by atoms with van der Waals surface area (Å²) in [6.45, 7) is 1.53. The highest BCUT2D eigenvalue weighted by molar-refractivity contribution is 9.10. The number of hydrogen-bond acceptors (Lipinski definition) is 3. The van der Waals surface area contributed by atoms with E-state index in [1.54, 1.807) is 0 Å². The van der Waals surface area contributed by atoms with E-state index in [1.807, 2.05) is 43.4 Å². The number of pyridine rings is 1. The molecule has 0 saturated carbocycles. The average Bonchev–Trinajstić information content (AvgIpc) is 2.39. The summed E-state index contributed by atoms with van der Waals surface area (Å²) >= 11 is 9.80. The predicted octanol–water partition coefficient (Wildman–Crippen LogP) is 3.85. The van der Waals surface area contributed by atoms with Gasteiger partial charge in [-0.1, -0.05) is 39.7 Å². The second-order valence-electron chi connectivity index (χ2n) is 4.67. The summed E-state index contributed by atoms with van der Waals surface area (Å²) in [6.07, 6.45) is 1.86. The number of anilines is 1.